The summed E-state index contributed by atoms with van der Waals surface area (Å²) in [6.07, 6.45) is 7.48. The van der Waals surface area contributed by atoms with Gasteiger partial charge in [0.1, 0.15) is 11.9 Å². The Balaban J connectivity index is 1.20. The maximum absolute atomic E-state index is 12.5. The molecule has 3 aliphatic rings. The number of sulfonamides is 1. The van der Waals surface area contributed by atoms with Crippen molar-refractivity contribution in [3.05, 3.63) is 77.0 Å². The Morgan fingerprint density at radius 3 is 2.76 bits per heavy atom. The van der Waals surface area contributed by atoms with Gasteiger partial charge in [0.25, 0.3) is 0 Å². The number of hydrogen-bond donors (Lipinski definition) is 0. The lowest BCUT2D eigenvalue weighted by Gasteiger charge is -2.39. The number of pyridine rings is 1. The van der Waals surface area contributed by atoms with Gasteiger partial charge in [0.2, 0.25) is 10.0 Å². The van der Waals surface area contributed by atoms with Crippen LogP contribution in [0.1, 0.15) is 53.7 Å². The molecule has 0 saturated carbocycles. The summed E-state index contributed by atoms with van der Waals surface area (Å²) in [6.45, 7) is 10.6. The Labute approximate surface area is 243 Å². The van der Waals surface area contributed by atoms with Gasteiger partial charge in [-0.1, -0.05) is 12.0 Å². The quantitative estimate of drug-likeness (QED) is 0.216. The number of hydrogen-bond acceptors (Lipinski definition) is 6. The molecule has 6 rings (SSSR count). The first-order chi connectivity index (χ1) is 19.7. The van der Waals surface area contributed by atoms with Gasteiger partial charge in [0.15, 0.2) is 0 Å². The number of rotatable bonds is 7. The van der Waals surface area contributed by atoms with Crippen molar-refractivity contribution in [2.75, 3.05) is 31.4 Å². The molecule has 2 saturated heterocycles. The third-order valence-corrected chi connectivity index (χ3v) is 10.2. The van der Waals surface area contributed by atoms with E-state index >= 15 is 0 Å². The normalized spacial score (nSPS) is 24.0. The summed E-state index contributed by atoms with van der Waals surface area (Å²) in [5.41, 5.74) is 7.44. The summed E-state index contributed by atoms with van der Waals surface area (Å²) in [7, 11) is -1.63. The first kappa shape index (κ1) is 27.8. The van der Waals surface area contributed by atoms with Crippen LogP contribution in [0.25, 0.3) is 10.9 Å². The number of ether oxygens (including phenoxy) is 2. The number of epoxide rings is 1. The van der Waals surface area contributed by atoms with Crippen molar-refractivity contribution in [1.29, 1.82) is 0 Å². The molecule has 7 nitrogen and oxygen atoms in total. The molecule has 0 spiro atoms. The van der Waals surface area contributed by atoms with Crippen LogP contribution in [0, 0.1) is 30.6 Å². The Kier molecular flexibility index (Phi) is 7.31. The Morgan fingerprint density at radius 1 is 1.22 bits per heavy atom. The molecule has 3 aromatic rings. The topological polar surface area (TPSA) is 75.3 Å². The standard InChI is InChI=1S/C33H37N3O4S/c1-6-8-25-21(3)15-31(29-20-36(19-28(25)29)41(5,37)38)35-14-12-23(22(7-2)18-35)16-32-33(40-32)26-11-13-34-30-10-9-24(39-4)17-27(26)30/h7,9-11,13,15,17,22-23,32-33H,2,12,14,16,18-20H2,1,3-5H3/t22-,23-,32+,33+/m0/s1. The van der Waals surface area contributed by atoms with Crippen LogP contribution in [0.2, 0.25) is 0 Å². The molecule has 0 bridgehead atoms. The van der Waals surface area contributed by atoms with Gasteiger partial charge in [0.05, 0.1) is 25.0 Å². The van der Waals surface area contributed by atoms with Gasteiger partial charge >= 0.3 is 0 Å². The van der Waals surface area contributed by atoms with Gasteiger partial charge in [-0.3, -0.25) is 4.98 Å². The third-order valence-electron chi connectivity index (χ3n) is 8.97. The van der Waals surface area contributed by atoms with Crippen molar-refractivity contribution >= 4 is 26.6 Å². The summed E-state index contributed by atoms with van der Waals surface area (Å²) in [4.78, 5) is 6.95. The van der Waals surface area contributed by atoms with Crippen LogP contribution >= 0.6 is 0 Å². The van der Waals surface area contributed by atoms with E-state index in [0.29, 0.717) is 24.9 Å². The molecule has 0 radical (unpaired) electrons. The van der Waals surface area contributed by atoms with Crippen LogP contribution in [0.4, 0.5) is 5.69 Å². The number of anilines is 1. The van der Waals surface area contributed by atoms with E-state index < -0.39 is 10.0 Å². The van der Waals surface area contributed by atoms with E-state index in [2.05, 4.69) is 53.4 Å². The van der Waals surface area contributed by atoms with E-state index in [4.69, 9.17) is 9.47 Å². The predicted molar refractivity (Wildman–Crippen MR) is 162 cm³/mol. The smallest absolute Gasteiger partial charge is 0.211 e. The van der Waals surface area contributed by atoms with Gasteiger partial charge in [-0.2, -0.15) is 4.31 Å². The number of piperidine rings is 1. The Bertz CT molecular complexity index is 1690. The van der Waals surface area contributed by atoms with Gasteiger partial charge in [-0.15, -0.1) is 12.5 Å². The highest BCUT2D eigenvalue weighted by Gasteiger charge is 2.44. The fourth-order valence-corrected chi connectivity index (χ4v) is 7.44. The Hall–Kier alpha value is -3.38. The summed E-state index contributed by atoms with van der Waals surface area (Å²) >= 11 is 0. The number of aromatic nitrogens is 1. The molecular weight excluding hydrogens is 534 g/mol. The van der Waals surface area contributed by atoms with E-state index in [9.17, 15) is 8.42 Å². The molecule has 1 aromatic heterocycles. The summed E-state index contributed by atoms with van der Waals surface area (Å²) < 4.78 is 38.2. The molecule has 4 heterocycles. The second kappa shape index (κ2) is 10.8. The van der Waals surface area contributed by atoms with Gasteiger partial charge in [0, 0.05) is 49.0 Å². The molecule has 0 unspecified atom stereocenters. The van der Waals surface area contributed by atoms with Crippen LogP contribution in [-0.4, -0.2) is 50.3 Å². The molecule has 4 atom stereocenters. The summed E-state index contributed by atoms with van der Waals surface area (Å²) in [6, 6.07) is 10.2. The lowest BCUT2D eigenvalue weighted by molar-refractivity contribution is 0.269. The van der Waals surface area contributed by atoms with Crippen molar-refractivity contribution in [3.63, 3.8) is 0 Å². The summed E-state index contributed by atoms with van der Waals surface area (Å²) in [5, 5.41) is 1.08. The molecule has 3 aliphatic heterocycles. The molecule has 2 fully saturated rings. The maximum Gasteiger partial charge on any atom is 0.211 e. The fraction of sp³-hybridized carbons (Fsp3) is 0.424. The molecule has 0 amide bonds. The second-order valence-electron chi connectivity index (χ2n) is 11.5. The number of benzene rings is 2. The molecule has 2 aromatic carbocycles. The highest BCUT2D eigenvalue weighted by molar-refractivity contribution is 7.88. The van der Waals surface area contributed by atoms with Crippen molar-refractivity contribution in [1.82, 2.24) is 9.29 Å². The molecule has 8 heteroatoms. The van der Waals surface area contributed by atoms with Gasteiger partial charge in [-0.25, -0.2) is 8.42 Å². The van der Waals surface area contributed by atoms with E-state index in [1.165, 1.54) is 11.8 Å². The maximum atomic E-state index is 12.5. The number of nitrogens with zero attached hydrogens (tertiary/aromatic N) is 3. The minimum atomic E-state index is -3.31. The van der Waals surface area contributed by atoms with E-state index in [0.717, 1.165) is 70.5 Å². The number of fused-ring (bicyclic) bond motifs is 2. The average molecular weight is 572 g/mol. The predicted octanol–water partition coefficient (Wildman–Crippen LogP) is 5.36. The summed E-state index contributed by atoms with van der Waals surface area (Å²) in [5.74, 6) is 7.85. The first-order valence-corrected chi connectivity index (χ1v) is 16.1. The minimum Gasteiger partial charge on any atom is -0.497 e. The number of aryl methyl sites for hydroxylation is 1. The van der Waals surface area contributed by atoms with Crippen molar-refractivity contribution < 1.29 is 17.9 Å². The molecule has 0 N–H and O–H groups in total. The monoisotopic (exact) mass is 571 g/mol. The van der Waals surface area contributed by atoms with Gasteiger partial charge < -0.3 is 14.4 Å². The second-order valence-corrected chi connectivity index (χ2v) is 13.4. The third kappa shape index (κ3) is 5.23. The van der Waals surface area contributed by atoms with E-state index in [1.54, 1.807) is 11.4 Å². The SMILES string of the molecule is C=C[C@H]1CN(c2cc(C)c(C#CC)c3c2CN(S(C)(=O)=O)C3)CC[C@H]1C[C@H]1O[C@@H]1c1ccnc2ccc(OC)cc12. The molecular formula is C33H37N3O4S. The van der Waals surface area contributed by atoms with Crippen LogP contribution in [0.3, 0.4) is 0 Å². The lowest BCUT2D eigenvalue weighted by Crippen LogP contribution is -2.40. The average Bonchev–Trinajstić information content (AvgIpc) is 3.57. The number of methoxy groups -OCH3 is 1. The highest BCUT2D eigenvalue weighted by Crippen LogP contribution is 2.47. The van der Waals surface area contributed by atoms with Crippen LogP contribution < -0.4 is 9.64 Å². The minimum absolute atomic E-state index is 0.0659. The van der Waals surface area contributed by atoms with E-state index in [1.807, 2.05) is 31.3 Å². The molecule has 0 aliphatic carbocycles. The fourth-order valence-electron chi connectivity index (χ4n) is 6.71. The van der Waals surface area contributed by atoms with E-state index in [-0.39, 0.29) is 12.2 Å². The molecule has 41 heavy (non-hydrogen) atoms. The van der Waals surface area contributed by atoms with Crippen LogP contribution in [0.5, 0.6) is 5.75 Å². The van der Waals surface area contributed by atoms with Crippen LogP contribution in [0.15, 0.2) is 49.2 Å². The largest absolute Gasteiger partial charge is 0.497 e. The zero-order chi connectivity index (χ0) is 28.9. The van der Waals surface area contributed by atoms with Crippen molar-refractivity contribution in [2.24, 2.45) is 11.8 Å². The lowest BCUT2D eigenvalue weighted by atomic mass is 9.81. The highest BCUT2D eigenvalue weighted by atomic mass is 32.2. The first-order valence-electron chi connectivity index (χ1n) is 14.2. The molecule has 214 valence electrons. The van der Waals surface area contributed by atoms with Gasteiger partial charge in [-0.05, 0) is 91.1 Å². The zero-order valence-electron chi connectivity index (χ0n) is 24.2. The zero-order valence-corrected chi connectivity index (χ0v) is 25.0. The van der Waals surface area contributed by atoms with Crippen molar-refractivity contribution in [2.45, 2.75) is 52.0 Å². The van der Waals surface area contributed by atoms with Crippen molar-refractivity contribution in [3.8, 4) is 17.6 Å². The Morgan fingerprint density at radius 2 is 2.02 bits per heavy atom. The van der Waals surface area contributed by atoms with Crippen LogP contribution in [-0.2, 0) is 27.8 Å².